The summed E-state index contributed by atoms with van der Waals surface area (Å²) < 4.78 is 29.2. The number of carboxylic acids is 1. The molecule has 1 fully saturated rings. The van der Waals surface area contributed by atoms with Crippen molar-refractivity contribution in [2.45, 2.75) is 64.6 Å². The average molecular weight is 605 g/mol. The summed E-state index contributed by atoms with van der Waals surface area (Å²) in [5.41, 5.74) is 3.20. The first-order chi connectivity index (χ1) is 19.5. The lowest BCUT2D eigenvalue weighted by Gasteiger charge is -2.42. The molecule has 1 aliphatic carbocycles. The monoisotopic (exact) mass is 604 g/mol. The molecule has 2 aromatic rings. The molecular formula is C31H41ClN2O6S. The van der Waals surface area contributed by atoms with Crippen molar-refractivity contribution in [3.05, 3.63) is 70.3 Å². The van der Waals surface area contributed by atoms with Crippen molar-refractivity contribution in [2.75, 3.05) is 23.7 Å². The number of carbonyl (C=O) groups is 1. The Bertz CT molecular complexity index is 1350. The van der Waals surface area contributed by atoms with Gasteiger partial charge in [-0.05, 0) is 97.7 Å². The number of hydrogen-bond acceptors (Lipinski definition) is 6. The molecule has 10 heteroatoms. The molecule has 1 saturated carbocycles. The van der Waals surface area contributed by atoms with Crippen LogP contribution < -0.4 is 14.8 Å². The van der Waals surface area contributed by atoms with Crippen molar-refractivity contribution in [2.24, 2.45) is 22.9 Å². The van der Waals surface area contributed by atoms with Gasteiger partial charge in [-0.3, -0.25) is 0 Å². The fourth-order valence-corrected chi connectivity index (χ4v) is 7.08. The van der Waals surface area contributed by atoms with E-state index in [2.05, 4.69) is 4.90 Å². The number of aliphatic hydroxyl groups excluding tert-OH is 1. The lowest BCUT2D eigenvalue weighted by atomic mass is 9.70. The number of allylic oxidation sites excluding steroid dienone is 1. The number of ether oxygens (including phenoxy) is 1. The highest BCUT2D eigenvalue weighted by Crippen LogP contribution is 2.41. The molecule has 0 radical (unpaired) electrons. The number of aryl methyl sites for hydroxylation is 1. The summed E-state index contributed by atoms with van der Waals surface area (Å²) in [4.78, 5) is 14.1. The summed E-state index contributed by atoms with van der Waals surface area (Å²) in [5.74, 6) is -0.204. The number of primary sulfonamides is 1. The largest absolute Gasteiger partial charge is 0.487 e. The number of halogens is 1. The first-order valence-corrected chi connectivity index (χ1v) is 16.5. The Morgan fingerprint density at radius 1 is 1.20 bits per heavy atom. The molecule has 1 heterocycles. The number of benzene rings is 2. The molecule has 0 amide bonds. The van der Waals surface area contributed by atoms with E-state index in [1.807, 2.05) is 31.2 Å². The third-order valence-electron chi connectivity index (χ3n) is 8.44. The number of nitrogens with two attached hydrogens (primary N) is 1. The van der Waals surface area contributed by atoms with Crippen LogP contribution in [0.5, 0.6) is 5.75 Å². The summed E-state index contributed by atoms with van der Waals surface area (Å²) in [5, 5.41) is 26.6. The molecule has 41 heavy (non-hydrogen) atoms. The zero-order chi connectivity index (χ0) is 29.6. The van der Waals surface area contributed by atoms with Crippen LogP contribution >= 0.6 is 11.6 Å². The van der Waals surface area contributed by atoms with Crippen LogP contribution in [-0.2, 0) is 23.1 Å². The second-order valence-electron chi connectivity index (χ2n) is 11.4. The Balaban J connectivity index is 1.50. The van der Waals surface area contributed by atoms with Gasteiger partial charge in [0, 0.05) is 18.1 Å². The molecule has 0 bridgehead atoms. The van der Waals surface area contributed by atoms with Crippen molar-refractivity contribution < 1.29 is 28.2 Å². The van der Waals surface area contributed by atoms with Gasteiger partial charge in [0.25, 0.3) is 0 Å². The molecule has 4 atom stereocenters. The van der Waals surface area contributed by atoms with Gasteiger partial charge in [0.15, 0.2) is 0 Å². The number of sulfonamides is 1. The first kappa shape index (κ1) is 31.3. The van der Waals surface area contributed by atoms with E-state index in [0.717, 1.165) is 55.5 Å². The maximum Gasteiger partial charge on any atom is 0.335 e. The molecule has 2 aromatic carbocycles. The Morgan fingerprint density at radius 3 is 2.68 bits per heavy atom. The predicted molar refractivity (Wildman–Crippen MR) is 162 cm³/mol. The molecule has 1 unspecified atom stereocenters. The molecule has 8 nitrogen and oxygen atoms in total. The molecule has 224 valence electrons. The zero-order valence-corrected chi connectivity index (χ0v) is 25.1. The van der Waals surface area contributed by atoms with Crippen LogP contribution in [0.25, 0.3) is 0 Å². The van der Waals surface area contributed by atoms with Gasteiger partial charge in [-0.15, -0.1) is 0 Å². The van der Waals surface area contributed by atoms with Crippen LogP contribution in [0.2, 0.25) is 5.02 Å². The quantitative estimate of drug-likeness (QED) is 0.309. The van der Waals surface area contributed by atoms with Gasteiger partial charge in [-0.1, -0.05) is 43.2 Å². The highest BCUT2D eigenvalue weighted by atomic mass is 35.5. The van der Waals surface area contributed by atoms with E-state index in [9.17, 15) is 23.4 Å². The van der Waals surface area contributed by atoms with Crippen molar-refractivity contribution in [3.63, 3.8) is 0 Å². The number of aliphatic hydroxyl groups is 1. The lowest BCUT2D eigenvalue weighted by Crippen LogP contribution is -2.43. The van der Waals surface area contributed by atoms with Crippen molar-refractivity contribution >= 4 is 33.3 Å². The summed E-state index contributed by atoms with van der Waals surface area (Å²) in [6.45, 7) is 3.70. The minimum Gasteiger partial charge on any atom is -0.487 e. The first-order valence-electron chi connectivity index (χ1n) is 14.4. The molecule has 0 saturated heterocycles. The van der Waals surface area contributed by atoms with E-state index in [0.29, 0.717) is 36.8 Å². The molecule has 4 rings (SSSR count). The number of anilines is 1. The Hall–Kier alpha value is -2.59. The predicted octanol–water partition coefficient (Wildman–Crippen LogP) is 5.41. The Labute approximate surface area is 248 Å². The lowest BCUT2D eigenvalue weighted by molar-refractivity contribution is 0.0461. The number of rotatable bonds is 10. The van der Waals surface area contributed by atoms with Crippen molar-refractivity contribution in [3.8, 4) is 5.75 Å². The molecular weight excluding hydrogens is 564 g/mol. The normalized spacial score (nSPS) is 21.1. The Kier molecular flexibility index (Phi) is 10.7. The molecule has 0 spiro atoms. The van der Waals surface area contributed by atoms with Gasteiger partial charge in [0.05, 0.1) is 23.1 Å². The number of carboxylic acid groups (broad SMARTS) is 1. The van der Waals surface area contributed by atoms with E-state index in [-0.39, 0.29) is 29.1 Å². The van der Waals surface area contributed by atoms with Gasteiger partial charge in [-0.2, -0.15) is 0 Å². The zero-order valence-electron chi connectivity index (χ0n) is 23.5. The van der Waals surface area contributed by atoms with Gasteiger partial charge in [0.1, 0.15) is 12.4 Å². The van der Waals surface area contributed by atoms with Crippen LogP contribution in [0.15, 0.2) is 48.6 Å². The van der Waals surface area contributed by atoms with E-state index in [4.69, 9.17) is 21.5 Å². The van der Waals surface area contributed by atoms with Crippen molar-refractivity contribution in [1.82, 2.24) is 0 Å². The topological polar surface area (TPSA) is 130 Å². The minimum atomic E-state index is -3.54. The summed E-state index contributed by atoms with van der Waals surface area (Å²) in [6, 6.07) is 10.9. The second kappa shape index (κ2) is 14.1. The second-order valence-corrected chi connectivity index (χ2v) is 13.4. The van der Waals surface area contributed by atoms with Crippen molar-refractivity contribution in [1.29, 1.82) is 0 Å². The molecule has 2 aliphatic rings. The molecule has 4 N–H and O–H groups in total. The standard InChI is InChI=1S/C31H41ClN2O6S/c1-2-21(20-41(33,38)39)6-5-8-29(35)27-13-10-24(27)18-34-15-4-3-7-22-16-26(32)12-9-25(22)19-40-30-14-11-23(31(36)37)17-28(30)34/h5,8-9,11-12,14,16-17,21,24,27,29,35H,2-4,6-7,10,13,15,18-20H2,1H3,(H,36,37)(H2,33,38,39)/b8-5+/t21?,24-,27+,29-/m0/s1. The van der Waals surface area contributed by atoms with E-state index < -0.39 is 22.1 Å². The number of nitrogens with zero attached hydrogens (tertiary/aromatic N) is 1. The fourth-order valence-electron chi connectivity index (χ4n) is 5.86. The number of hydrogen-bond donors (Lipinski definition) is 3. The van der Waals surface area contributed by atoms with Gasteiger partial charge in [-0.25, -0.2) is 18.4 Å². The highest BCUT2D eigenvalue weighted by Gasteiger charge is 2.36. The smallest absolute Gasteiger partial charge is 0.335 e. The van der Waals surface area contributed by atoms with Gasteiger partial charge in [0.2, 0.25) is 10.0 Å². The van der Waals surface area contributed by atoms with Gasteiger partial charge < -0.3 is 19.8 Å². The summed E-state index contributed by atoms with van der Waals surface area (Å²) >= 11 is 6.27. The van der Waals surface area contributed by atoms with E-state index in [1.54, 1.807) is 24.3 Å². The van der Waals surface area contributed by atoms with E-state index >= 15 is 0 Å². The van der Waals surface area contributed by atoms with Gasteiger partial charge >= 0.3 is 5.97 Å². The fraction of sp³-hybridized carbons (Fsp3) is 0.516. The minimum absolute atomic E-state index is 0.0666. The number of fused-ring (bicyclic) bond motifs is 2. The summed E-state index contributed by atoms with van der Waals surface area (Å²) in [6.07, 6.45) is 8.87. The SMILES string of the molecule is CCC(C/C=C/[C@H](O)[C@@H]1CC[C@H]1CN1CCCCc2cc(Cl)ccc2COc2ccc(C(=O)O)cc21)CS(N)(=O)=O. The maximum absolute atomic E-state index is 11.8. The maximum atomic E-state index is 11.8. The average Bonchev–Trinajstić information content (AvgIpc) is 2.92. The summed E-state index contributed by atoms with van der Waals surface area (Å²) in [7, 11) is -3.54. The number of aromatic carboxylic acids is 1. The third-order valence-corrected chi connectivity index (χ3v) is 9.61. The Morgan fingerprint density at radius 2 is 2.00 bits per heavy atom. The van der Waals surface area contributed by atoms with Crippen LogP contribution in [0.1, 0.15) is 66.9 Å². The van der Waals surface area contributed by atoms with Crippen LogP contribution in [0.4, 0.5) is 5.69 Å². The van der Waals surface area contributed by atoms with E-state index in [1.165, 1.54) is 0 Å². The van der Waals surface area contributed by atoms with Crippen LogP contribution in [0, 0.1) is 17.8 Å². The van der Waals surface area contributed by atoms with Crippen LogP contribution in [0.3, 0.4) is 0 Å². The molecule has 0 aromatic heterocycles. The molecule has 1 aliphatic heterocycles. The third kappa shape index (κ3) is 8.70. The van der Waals surface area contributed by atoms with Crippen LogP contribution in [-0.4, -0.2) is 49.5 Å². The highest BCUT2D eigenvalue weighted by molar-refractivity contribution is 7.89.